The van der Waals surface area contributed by atoms with Gasteiger partial charge in [0.25, 0.3) is 5.91 Å². The minimum absolute atomic E-state index is 0.0817. The Balaban J connectivity index is 2.58. The molecule has 0 saturated carbocycles. The molecule has 116 valence electrons. The molecule has 0 heterocycles. The number of nitrogens with zero attached hydrogens (tertiary/aromatic N) is 1. The number of para-hydroxylation sites is 1. The van der Waals surface area contributed by atoms with Crippen LogP contribution in [-0.2, 0) is 10.2 Å². The topological polar surface area (TPSA) is 80.5 Å². The van der Waals surface area contributed by atoms with Gasteiger partial charge in [-0.25, -0.2) is 5.14 Å². The van der Waals surface area contributed by atoms with Crippen LogP contribution in [0.2, 0.25) is 0 Å². The monoisotopic (exact) mass is 318 g/mol. The number of amides is 1. The molecule has 0 aliphatic rings. The van der Waals surface area contributed by atoms with Gasteiger partial charge in [-0.15, -0.1) is 0 Å². The number of nitrogens with two attached hydrogens (primary N) is 1. The van der Waals surface area contributed by atoms with Gasteiger partial charge in [0.15, 0.2) is 0 Å². The Morgan fingerprint density at radius 2 is 1.55 bits per heavy atom. The lowest BCUT2D eigenvalue weighted by atomic mass is 9.97. The van der Waals surface area contributed by atoms with Crippen LogP contribution in [-0.4, -0.2) is 14.3 Å². The average molecular weight is 318 g/mol. The number of hydrogen-bond donors (Lipinski definition) is 1. The number of rotatable bonds is 4. The Labute approximate surface area is 130 Å². The van der Waals surface area contributed by atoms with Gasteiger partial charge in [-0.3, -0.25) is 4.79 Å². The minimum atomic E-state index is -4.22. The fourth-order valence-corrected chi connectivity index (χ4v) is 2.99. The second-order valence-electron chi connectivity index (χ2n) is 5.19. The van der Waals surface area contributed by atoms with Crippen LogP contribution in [0.3, 0.4) is 0 Å². The van der Waals surface area contributed by atoms with Crippen molar-refractivity contribution in [3.8, 4) is 0 Å². The van der Waals surface area contributed by atoms with E-state index in [0.29, 0.717) is 9.87 Å². The maximum atomic E-state index is 12.8. The van der Waals surface area contributed by atoms with E-state index in [-0.39, 0.29) is 11.6 Å². The highest BCUT2D eigenvalue weighted by molar-refractivity contribution is 7.91. The van der Waals surface area contributed by atoms with E-state index in [1.54, 1.807) is 30.3 Å². The summed E-state index contributed by atoms with van der Waals surface area (Å²) in [5.41, 5.74) is 1.32. The van der Waals surface area contributed by atoms with Gasteiger partial charge >= 0.3 is 10.2 Å². The molecule has 0 radical (unpaired) electrons. The van der Waals surface area contributed by atoms with Gasteiger partial charge in [0.05, 0.1) is 5.69 Å². The van der Waals surface area contributed by atoms with Crippen molar-refractivity contribution in [1.82, 2.24) is 0 Å². The van der Waals surface area contributed by atoms with Crippen LogP contribution in [0, 0.1) is 0 Å². The van der Waals surface area contributed by atoms with Gasteiger partial charge in [0.2, 0.25) is 0 Å². The van der Waals surface area contributed by atoms with Crippen LogP contribution in [0.1, 0.15) is 35.7 Å². The second kappa shape index (κ2) is 6.29. The summed E-state index contributed by atoms with van der Waals surface area (Å²) < 4.78 is 24.5. The lowest BCUT2D eigenvalue weighted by molar-refractivity contribution is 0.100. The largest absolute Gasteiger partial charge is 0.305 e. The molecule has 0 aromatic heterocycles. The summed E-state index contributed by atoms with van der Waals surface area (Å²) in [5.74, 6) is -0.573. The lowest BCUT2D eigenvalue weighted by Crippen LogP contribution is -2.42. The molecule has 5 nitrogen and oxygen atoms in total. The minimum Gasteiger partial charge on any atom is -0.268 e. The molecule has 0 fully saturated rings. The van der Waals surface area contributed by atoms with Crippen LogP contribution < -0.4 is 9.44 Å². The SMILES string of the molecule is CC(C)c1ccccc1C(=O)N(c1ccccc1)S(N)(=O)=O. The maximum Gasteiger partial charge on any atom is 0.305 e. The molecule has 22 heavy (non-hydrogen) atoms. The predicted octanol–water partition coefficient (Wildman–Crippen LogP) is 2.66. The van der Waals surface area contributed by atoms with Crippen molar-refractivity contribution >= 4 is 21.8 Å². The van der Waals surface area contributed by atoms with E-state index < -0.39 is 16.1 Å². The summed E-state index contributed by atoms with van der Waals surface area (Å²) in [6, 6.07) is 15.0. The summed E-state index contributed by atoms with van der Waals surface area (Å²) in [7, 11) is -4.22. The summed E-state index contributed by atoms with van der Waals surface area (Å²) in [5, 5.41) is 5.25. The Kier molecular flexibility index (Phi) is 4.63. The molecule has 0 spiro atoms. The molecule has 6 heteroatoms. The fraction of sp³-hybridized carbons (Fsp3) is 0.188. The zero-order valence-corrected chi connectivity index (χ0v) is 13.2. The smallest absolute Gasteiger partial charge is 0.268 e. The molecular formula is C16H18N2O3S. The first kappa shape index (κ1) is 16.2. The number of benzene rings is 2. The van der Waals surface area contributed by atoms with Crippen molar-refractivity contribution in [3.63, 3.8) is 0 Å². The van der Waals surface area contributed by atoms with E-state index in [9.17, 15) is 13.2 Å². The van der Waals surface area contributed by atoms with Gasteiger partial charge < -0.3 is 0 Å². The Morgan fingerprint density at radius 1 is 1.00 bits per heavy atom. The molecule has 2 aromatic rings. The number of carbonyl (C=O) groups excluding carboxylic acids is 1. The Morgan fingerprint density at radius 3 is 2.09 bits per heavy atom. The van der Waals surface area contributed by atoms with Crippen LogP contribution >= 0.6 is 0 Å². The van der Waals surface area contributed by atoms with Crippen molar-refractivity contribution in [2.75, 3.05) is 4.31 Å². The predicted molar refractivity (Wildman–Crippen MR) is 86.9 cm³/mol. The Hall–Kier alpha value is -2.18. The summed E-state index contributed by atoms with van der Waals surface area (Å²) in [6.45, 7) is 3.88. The molecule has 0 saturated heterocycles. The van der Waals surface area contributed by atoms with Crippen molar-refractivity contribution in [2.45, 2.75) is 19.8 Å². The molecule has 0 bridgehead atoms. The maximum absolute atomic E-state index is 12.8. The molecule has 0 aliphatic heterocycles. The lowest BCUT2D eigenvalue weighted by Gasteiger charge is -2.22. The summed E-state index contributed by atoms with van der Waals surface area (Å²) in [4.78, 5) is 12.8. The third-order valence-electron chi connectivity index (χ3n) is 3.24. The van der Waals surface area contributed by atoms with Crippen LogP contribution in [0.5, 0.6) is 0 Å². The second-order valence-corrected chi connectivity index (χ2v) is 6.59. The molecule has 2 N–H and O–H groups in total. The third kappa shape index (κ3) is 3.35. The van der Waals surface area contributed by atoms with Crippen molar-refractivity contribution in [1.29, 1.82) is 0 Å². The molecule has 2 aromatic carbocycles. The molecule has 0 unspecified atom stereocenters. The highest BCUT2D eigenvalue weighted by Gasteiger charge is 2.28. The van der Waals surface area contributed by atoms with Crippen molar-refractivity contribution in [2.24, 2.45) is 5.14 Å². The van der Waals surface area contributed by atoms with Gasteiger partial charge in [-0.2, -0.15) is 12.7 Å². The highest BCUT2D eigenvalue weighted by Crippen LogP contribution is 2.24. The van der Waals surface area contributed by atoms with Crippen molar-refractivity contribution in [3.05, 3.63) is 65.7 Å². The van der Waals surface area contributed by atoms with Crippen LogP contribution in [0.4, 0.5) is 5.69 Å². The molecule has 1 amide bonds. The number of carbonyl (C=O) groups is 1. The third-order valence-corrected chi connectivity index (χ3v) is 4.13. The summed E-state index contributed by atoms with van der Waals surface area (Å²) in [6.07, 6.45) is 0. The van der Waals surface area contributed by atoms with E-state index in [2.05, 4.69) is 0 Å². The number of anilines is 1. The van der Waals surface area contributed by atoms with Crippen LogP contribution in [0.25, 0.3) is 0 Å². The molecule has 0 aliphatic carbocycles. The normalized spacial score (nSPS) is 11.5. The molecule has 0 atom stereocenters. The first-order valence-corrected chi connectivity index (χ1v) is 8.34. The number of hydrogen-bond acceptors (Lipinski definition) is 3. The quantitative estimate of drug-likeness (QED) is 0.941. The van der Waals surface area contributed by atoms with Gasteiger partial charge in [-0.05, 0) is 29.7 Å². The van der Waals surface area contributed by atoms with E-state index in [4.69, 9.17) is 5.14 Å². The fourth-order valence-electron chi connectivity index (χ4n) is 2.25. The Bertz CT molecular complexity index is 771. The molecule has 2 rings (SSSR count). The zero-order valence-electron chi connectivity index (χ0n) is 12.4. The average Bonchev–Trinajstić information content (AvgIpc) is 2.47. The van der Waals surface area contributed by atoms with E-state index in [0.717, 1.165) is 5.56 Å². The first-order valence-electron chi connectivity index (χ1n) is 6.83. The zero-order chi connectivity index (χ0) is 16.3. The molecular weight excluding hydrogens is 300 g/mol. The highest BCUT2D eigenvalue weighted by atomic mass is 32.2. The van der Waals surface area contributed by atoms with Crippen molar-refractivity contribution < 1.29 is 13.2 Å². The standard InChI is InChI=1S/C16H18N2O3S/c1-12(2)14-10-6-7-11-15(14)16(19)18(22(17,20)21)13-8-4-3-5-9-13/h3-12H,1-2H3,(H2,17,20,21). The first-order chi connectivity index (χ1) is 10.3. The van der Waals surface area contributed by atoms with Gasteiger partial charge in [0, 0.05) is 5.56 Å². The van der Waals surface area contributed by atoms with E-state index in [1.165, 1.54) is 12.1 Å². The van der Waals surface area contributed by atoms with E-state index in [1.807, 2.05) is 26.0 Å². The van der Waals surface area contributed by atoms with Gasteiger partial charge in [0.1, 0.15) is 0 Å². The van der Waals surface area contributed by atoms with Crippen LogP contribution in [0.15, 0.2) is 54.6 Å². The van der Waals surface area contributed by atoms with Gasteiger partial charge in [-0.1, -0.05) is 50.2 Å². The summed E-state index contributed by atoms with van der Waals surface area (Å²) >= 11 is 0. The van der Waals surface area contributed by atoms with E-state index >= 15 is 0 Å².